The van der Waals surface area contributed by atoms with E-state index in [-0.39, 0.29) is 11.9 Å². The quantitative estimate of drug-likeness (QED) is 0.378. The molecular formula is C14H23N3O2S. The molecule has 3 N–H and O–H groups in total. The van der Waals surface area contributed by atoms with Gasteiger partial charge >= 0.3 is 6.03 Å². The summed E-state index contributed by atoms with van der Waals surface area (Å²) in [5, 5.41) is 9.33. The molecule has 3 atom stereocenters. The van der Waals surface area contributed by atoms with Gasteiger partial charge in [-0.15, -0.1) is 0 Å². The van der Waals surface area contributed by atoms with Crippen molar-refractivity contribution in [3.63, 3.8) is 0 Å². The summed E-state index contributed by atoms with van der Waals surface area (Å²) in [6, 6.07) is 0.593. The van der Waals surface area contributed by atoms with Crippen LogP contribution in [-0.2, 0) is 4.79 Å². The Kier molecular flexibility index (Phi) is 5.34. The maximum atomic E-state index is 11.3. The van der Waals surface area contributed by atoms with Gasteiger partial charge in [-0.2, -0.15) is 11.8 Å². The lowest BCUT2D eigenvalue weighted by Gasteiger charge is -2.16. The number of nitrogens with one attached hydrogen (secondary N) is 3. The summed E-state index contributed by atoms with van der Waals surface area (Å²) in [6.07, 6.45) is 4.36. The minimum absolute atomic E-state index is 0.0205. The zero-order valence-corrected chi connectivity index (χ0v) is 12.7. The topological polar surface area (TPSA) is 70.2 Å². The van der Waals surface area contributed by atoms with E-state index in [9.17, 15) is 9.59 Å². The highest BCUT2D eigenvalue weighted by atomic mass is 32.2. The van der Waals surface area contributed by atoms with Gasteiger partial charge < -0.3 is 16.0 Å². The van der Waals surface area contributed by atoms with Gasteiger partial charge in [-0.05, 0) is 19.8 Å². The van der Waals surface area contributed by atoms with Crippen LogP contribution in [0.3, 0.4) is 0 Å². The molecule has 3 amide bonds. The highest BCUT2D eigenvalue weighted by Crippen LogP contribution is 2.33. The molecule has 112 valence electrons. The van der Waals surface area contributed by atoms with Crippen LogP contribution in [0.4, 0.5) is 4.79 Å². The van der Waals surface area contributed by atoms with E-state index in [0.717, 1.165) is 31.4 Å². The van der Waals surface area contributed by atoms with Gasteiger partial charge in [0, 0.05) is 23.1 Å². The molecule has 0 saturated carbocycles. The highest BCUT2D eigenvalue weighted by Gasteiger charge is 2.42. The van der Waals surface area contributed by atoms with E-state index in [4.69, 9.17) is 0 Å². The zero-order chi connectivity index (χ0) is 14.5. The smallest absolute Gasteiger partial charge is 0.315 e. The monoisotopic (exact) mass is 297 g/mol. The number of hydrogen-bond donors (Lipinski definition) is 3. The number of unbranched alkanes of at least 4 members (excludes halogenated alkanes) is 2. The largest absolute Gasteiger partial charge is 0.352 e. The predicted molar refractivity (Wildman–Crippen MR) is 81.8 cm³/mol. The van der Waals surface area contributed by atoms with E-state index in [2.05, 4.69) is 22.5 Å². The maximum absolute atomic E-state index is 11.3. The summed E-state index contributed by atoms with van der Waals surface area (Å²) in [6.45, 7) is 6.04. The average molecular weight is 297 g/mol. The molecule has 0 bridgehead atoms. The number of carbonyl (C=O) groups is 2. The van der Waals surface area contributed by atoms with Crippen LogP contribution in [0.25, 0.3) is 0 Å². The van der Waals surface area contributed by atoms with E-state index in [0.29, 0.717) is 29.5 Å². The Morgan fingerprint density at radius 3 is 2.95 bits per heavy atom. The summed E-state index contributed by atoms with van der Waals surface area (Å²) < 4.78 is 0. The number of hydrogen-bond acceptors (Lipinski definition) is 3. The lowest BCUT2D eigenvalue weighted by atomic mass is 10.0. The summed E-state index contributed by atoms with van der Waals surface area (Å²) in [4.78, 5) is 22.5. The van der Waals surface area contributed by atoms with Crippen molar-refractivity contribution >= 4 is 23.7 Å². The summed E-state index contributed by atoms with van der Waals surface area (Å²) >= 11 is 1.95. The second-order valence-corrected chi connectivity index (χ2v) is 6.78. The van der Waals surface area contributed by atoms with Crippen molar-refractivity contribution in [2.24, 2.45) is 0 Å². The highest BCUT2D eigenvalue weighted by molar-refractivity contribution is 8.00. The molecule has 0 aromatic rings. The molecular weight excluding hydrogens is 274 g/mol. The van der Waals surface area contributed by atoms with E-state index in [1.165, 1.54) is 0 Å². The molecule has 3 unspecified atom stereocenters. The number of fused-ring (bicyclic) bond motifs is 1. The average Bonchev–Trinajstić information content (AvgIpc) is 2.93. The van der Waals surface area contributed by atoms with Crippen LogP contribution in [0.1, 0.15) is 32.6 Å². The first kappa shape index (κ1) is 15.2. The van der Waals surface area contributed by atoms with Gasteiger partial charge in [-0.25, -0.2) is 4.79 Å². The first-order valence-electron chi connectivity index (χ1n) is 7.20. The molecule has 2 heterocycles. The van der Waals surface area contributed by atoms with Crippen molar-refractivity contribution in [1.29, 1.82) is 0 Å². The molecule has 2 fully saturated rings. The van der Waals surface area contributed by atoms with Crippen LogP contribution >= 0.6 is 11.8 Å². The molecule has 2 rings (SSSR count). The molecule has 0 aromatic carbocycles. The molecule has 2 aliphatic rings. The van der Waals surface area contributed by atoms with Crippen LogP contribution in [0.2, 0.25) is 0 Å². The van der Waals surface area contributed by atoms with Crippen LogP contribution in [-0.4, -0.2) is 41.6 Å². The number of carbonyl (C=O) groups excluding carboxylic acids is 2. The third-order valence-corrected chi connectivity index (χ3v) is 5.29. The van der Waals surface area contributed by atoms with Crippen molar-refractivity contribution in [2.45, 2.75) is 49.9 Å². The van der Waals surface area contributed by atoms with Gasteiger partial charge in [0.1, 0.15) is 0 Å². The Morgan fingerprint density at radius 2 is 2.20 bits per heavy atom. The number of rotatable bonds is 7. The standard InChI is InChI=1S/C14H23N3O2S/c1-9(2)13(18)15-7-5-3-4-6-11-12-10(8-20-11)16-14(19)17-12/h10-12H,1,3-8H2,2H3,(H,15,18)(H2,16,17,19). The van der Waals surface area contributed by atoms with Gasteiger partial charge in [0.25, 0.3) is 0 Å². The molecule has 2 aliphatic heterocycles. The third kappa shape index (κ3) is 3.91. The minimum atomic E-state index is -0.0565. The second-order valence-electron chi connectivity index (χ2n) is 5.51. The second kappa shape index (κ2) is 7.02. The Hall–Kier alpha value is -1.17. The fourth-order valence-corrected chi connectivity index (χ4v) is 4.19. The SMILES string of the molecule is C=C(C)C(=O)NCCCCCC1SCC2NC(=O)NC21. The summed E-state index contributed by atoms with van der Waals surface area (Å²) in [5.41, 5.74) is 0.558. The van der Waals surface area contributed by atoms with Gasteiger partial charge in [0.05, 0.1) is 12.1 Å². The van der Waals surface area contributed by atoms with Crippen LogP contribution < -0.4 is 16.0 Å². The van der Waals surface area contributed by atoms with Crippen molar-refractivity contribution in [1.82, 2.24) is 16.0 Å². The van der Waals surface area contributed by atoms with Crippen molar-refractivity contribution in [3.8, 4) is 0 Å². The summed E-state index contributed by atoms with van der Waals surface area (Å²) in [5.74, 6) is 0.960. The van der Waals surface area contributed by atoms with Gasteiger partial charge in [0.15, 0.2) is 0 Å². The summed E-state index contributed by atoms with van der Waals surface area (Å²) in [7, 11) is 0. The van der Waals surface area contributed by atoms with E-state index in [1.54, 1.807) is 6.92 Å². The predicted octanol–water partition coefficient (Wildman–Crippen LogP) is 1.40. The lowest BCUT2D eigenvalue weighted by Crippen LogP contribution is -2.36. The molecule has 2 saturated heterocycles. The normalized spacial score (nSPS) is 27.6. The maximum Gasteiger partial charge on any atom is 0.315 e. The van der Waals surface area contributed by atoms with Gasteiger partial charge in [-0.3, -0.25) is 4.79 Å². The first-order valence-corrected chi connectivity index (χ1v) is 8.25. The molecule has 5 nitrogen and oxygen atoms in total. The van der Waals surface area contributed by atoms with Gasteiger partial charge in [0.2, 0.25) is 5.91 Å². The third-order valence-electron chi connectivity index (χ3n) is 3.78. The van der Waals surface area contributed by atoms with E-state index >= 15 is 0 Å². The molecule has 0 aliphatic carbocycles. The Bertz CT molecular complexity index is 400. The van der Waals surface area contributed by atoms with Crippen molar-refractivity contribution in [3.05, 3.63) is 12.2 Å². The Labute approximate surface area is 124 Å². The fourth-order valence-electron chi connectivity index (χ4n) is 2.64. The fraction of sp³-hybridized carbons (Fsp3) is 0.714. The van der Waals surface area contributed by atoms with Crippen LogP contribution in [0.5, 0.6) is 0 Å². The van der Waals surface area contributed by atoms with E-state index in [1.807, 2.05) is 11.8 Å². The van der Waals surface area contributed by atoms with Crippen LogP contribution in [0.15, 0.2) is 12.2 Å². The zero-order valence-electron chi connectivity index (χ0n) is 11.9. The van der Waals surface area contributed by atoms with Crippen molar-refractivity contribution < 1.29 is 9.59 Å². The Balaban J connectivity index is 1.55. The molecule has 6 heteroatoms. The molecule has 0 spiro atoms. The van der Waals surface area contributed by atoms with Gasteiger partial charge in [-0.1, -0.05) is 19.4 Å². The lowest BCUT2D eigenvalue weighted by molar-refractivity contribution is -0.117. The Morgan fingerprint density at radius 1 is 1.40 bits per heavy atom. The van der Waals surface area contributed by atoms with E-state index < -0.39 is 0 Å². The molecule has 20 heavy (non-hydrogen) atoms. The first-order chi connectivity index (χ1) is 9.58. The number of urea groups is 1. The minimum Gasteiger partial charge on any atom is -0.352 e. The van der Waals surface area contributed by atoms with Crippen molar-refractivity contribution in [2.75, 3.05) is 12.3 Å². The van der Waals surface area contributed by atoms with Crippen LogP contribution in [0, 0.1) is 0 Å². The molecule has 0 radical (unpaired) electrons. The molecule has 0 aromatic heterocycles. The number of thioether (sulfide) groups is 1. The number of amides is 3.